The zero-order valence-corrected chi connectivity index (χ0v) is 11.0. The lowest BCUT2D eigenvalue weighted by Gasteiger charge is -2.31. The highest BCUT2D eigenvalue weighted by atomic mass is 32.2. The van der Waals surface area contributed by atoms with Gasteiger partial charge in [0.1, 0.15) is 0 Å². The van der Waals surface area contributed by atoms with Crippen molar-refractivity contribution in [3.05, 3.63) is 0 Å². The molecule has 1 saturated heterocycles. The van der Waals surface area contributed by atoms with Gasteiger partial charge in [-0.15, -0.1) is 0 Å². The van der Waals surface area contributed by atoms with E-state index in [-0.39, 0.29) is 24.9 Å². The van der Waals surface area contributed by atoms with E-state index < -0.39 is 22.4 Å². The number of alkyl halides is 2. The summed E-state index contributed by atoms with van der Waals surface area (Å²) in [4.78, 5) is 10.8. The third-order valence-corrected chi connectivity index (χ3v) is 4.93. The molecule has 0 aliphatic carbocycles. The largest absolute Gasteiger partial charge is 0.348 e. The summed E-state index contributed by atoms with van der Waals surface area (Å²) in [6.07, 6.45) is -1.72. The molecule has 0 unspecified atom stereocenters. The highest BCUT2D eigenvalue weighted by Gasteiger charge is 2.29. The van der Waals surface area contributed by atoms with Crippen LogP contribution < -0.4 is 5.32 Å². The van der Waals surface area contributed by atoms with E-state index in [1.165, 1.54) is 4.31 Å². The third-order valence-electron chi connectivity index (χ3n) is 2.85. The molecule has 0 aromatic carbocycles. The molecular weight excluding hydrogens is 266 g/mol. The second-order valence-electron chi connectivity index (χ2n) is 4.30. The van der Waals surface area contributed by atoms with Gasteiger partial charge in [0.2, 0.25) is 10.0 Å². The van der Waals surface area contributed by atoms with Gasteiger partial charge in [-0.05, 0) is 19.3 Å². The van der Waals surface area contributed by atoms with Gasteiger partial charge in [-0.1, -0.05) is 6.92 Å². The smallest absolute Gasteiger partial charge is 0.315 e. The first-order valence-electron chi connectivity index (χ1n) is 5.93. The number of amides is 1. The Morgan fingerprint density at radius 2 is 1.94 bits per heavy atom. The van der Waals surface area contributed by atoms with Gasteiger partial charge < -0.3 is 5.32 Å². The summed E-state index contributed by atoms with van der Waals surface area (Å²) in [5.74, 6) is -1.19. The van der Waals surface area contributed by atoms with Crippen LogP contribution >= 0.6 is 0 Å². The average Bonchev–Trinajstić information content (AvgIpc) is 2.29. The lowest BCUT2D eigenvalue weighted by atomic mass is 10.1. The molecule has 0 radical (unpaired) electrons. The lowest BCUT2D eigenvalue weighted by Crippen LogP contribution is -2.48. The van der Waals surface area contributed by atoms with Crippen molar-refractivity contribution in [1.29, 1.82) is 0 Å². The Labute approximate surface area is 106 Å². The van der Waals surface area contributed by atoms with Crippen LogP contribution in [0.3, 0.4) is 0 Å². The summed E-state index contributed by atoms with van der Waals surface area (Å²) in [5, 5.41) is 2.21. The second-order valence-corrected chi connectivity index (χ2v) is 6.39. The maximum absolute atomic E-state index is 12.0. The van der Waals surface area contributed by atoms with Crippen LogP contribution in [-0.4, -0.2) is 49.9 Å². The van der Waals surface area contributed by atoms with E-state index in [1.807, 2.05) is 0 Å². The van der Waals surface area contributed by atoms with Crippen LogP contribution in [0.4, 0.5) is 8.78 Å². The van der Waals surface area contributed by atoms with Crippen molar-refractivity contribution in [3.63, 3.8) is 0 Å². The Morgan fingerprint density at radius 3 is 2.39 bits per heavy atom. The van der Waals surface area contributed by atoms with Gasteiger partial charge in [-0.2, -0.15) is 8.78 Å². The number of sulfonamides is 1. The van der Waals surface area contributed by atoms with Gasteiger partial charge in [0.05, 0.1) is 5.75 Å². The summed E-state index contributed by atoms with van der Waals surface area (Å²) >= 11 is 0. The summed E-state index contributed by atoms with van der Waals surface area (Å²) in [6, 6.07) is -0.362. The predicted octanol–water partition coefficient (Wildman–Crippen LogP) is 0.572. The van der Waals surface area contributed by atoms with E-state index in [2.05, 4.69) is 5.32 Å². The zero-order valence-electron chi connectivity index (χ0n) is 10.2. The molecule has 1 rings (SSSR count). The molecular formula is C10H18F2N2O3S. The van der Waals surface area contributed by atoms with Gasteiger partial charge in [-0.3, -0.25) is 4.79 Å². The summed E-state index contributed by atoms with van der Waals surface area (Å²) in [5.41, 5.74) is 0. The fourth-order valence-electron chi connectivity index (χ4n) is 1.93. The van der Waals surface area contributed by atoms with Gasteiger partial charge in [0, 0.05) is 19.1 Å². The van der Waals surface area contributed by atoms with Crippen molar-refractivity contribution in [2.24, 2.45) is 0 Å². The van der Waals surface area contributed by atoms with Crippen molar-refractivity contribution < 1.29 is 22.0 Å². The van der Waals surface area contributed by atoms with Crippen LogP contribution in [-0.2, 0) is 14.8 Å². The summed E-state index contributed by atoms with van der Waals surface area (Å²) < 4.78 is 48.9. The van der Waals surface area contributed by atoms with E-state index in [4.69, 9.17) is 0 Å². The second kappa shape index (κ2) is 6.42. The minimum absolute atomic E-state index is 0.0983. The Kier molecular flexibility index (Phi) is 5.46. The molecule has 1 aliphatic rings. The molecule has 0 saturated carbocycles. The van der Waals surface area contributed by atoms with E-state index in [1.54, 1.807) is 6.92 Å². The Morgan fingerprint density at radius 1 is 1.39 bits per heavy atom. The summed E-state index contributed by atoms with van der Waals surface area (Å²) in [6.45, 7) is 2.33. The molecule has 0 spiro atoms. The standard InChI is InChI=1S/C10H18F2N2O3S/c1-2-7-18(16,17)14-5-3-8(4-6-14)13-10(15)9(11)12/h8-9H,2-7H2,1H3,(H,13,15). The number of carbonyl (C=O) groups is 1. The molecule has 0 atom stereocenters. The average molecular weight is 284 g/mol. The van der Waals surface area contributed by atoms with Gasteiger partial charge in [0.15, 0.2) is 0 Å². The minimum atomic E-state index is -3.23. The van der Waals surface area contributed by atoms with Crippen molar-refractivity contribution in [3.8, 4) is 0 Å². The molecule has 0 aromatic heterocycles. The third kappa shape index (κ3) is 4.16. The quantitative estimate of drug-likeness (QED) is 0.802. The molecule has 1 fully saturated rings. The fourth-order valence-corrected chi connectivity index (χ4v) is 3.47. The lowest BCUT2D eigenvalue weighted by molar-refractivity contribution is -0.132. The number of rotatable bonds is 5. The first-order valence-corrected chi connectivity index (χ1v) is 7.54. The Balaban J connectivity index is 2.44. The van der Waals surface area contributed by atoms with E-state index in [0.717, 1.165) is 0 Å². The van der Waals surface area contributed by atoms with Crippen LogP contribution in [0, 0.1) is 0 Å². The number of hydrogen-bond donors (Lipinski definition) is 1. The number of hydrogen-bond acceptors (Lipinski definition) is 3. The van der Waals surface area contributed by atoms with Crippen molar-refractivity contribution in [2.75, 3.05) is 18.8 Å². The highest BCUT2D eigenvalue weighted by Crippen LogP contribution is 2.15. The van der Waals surface area contributed by atoms with Gasteiger partial charge in [-0.25, -0.2) is 12.7 Å². The Hall–Kier alpha value is -0.760. The molecule has 1 heterocycles. The number of piperidine rings is 1. The molecule has 5 nitrogen and oxygen atoms in total. The molecule has 0 bridgehead atoms. The van der Waals surface area contributed by atoms with Crippen molar-refractivity contribution >= 4 is 15.9 Å². The van der Waals surface area contributed by atoms with Crippen molar-refractivity contribution in [2.45, 2.75) is 38.7 Å². The highest BCUT2D eigenvalue weighted by molar-refractivity contribution is 7.89. The van der Waals surface area contributed by atoms with Crippen LogP contribution in [0.1, 0.15) is 26.2 Å². The van der Waals surface area contributed by atoms with Crippen molar-refractivity contribution in [1.82, 2.24) is 9.62 Å². The summed E-state index contributed by atoms with van der Waals surface area (Å²) in [7, 11) is -3.23. The predicted molar refractivity (Wildman–Crippen MR) is 62.8 cm³/mol. The number of nitrogens with zero attached hydrogens (tertiary/aromatic N) is 1. The molecule has 1 aliphatic heterocycles. The molecule has 8 heteroatoms. The van der Waals surface area contributed by atoms with Gasteiger partial charge >= 0.3 is 6.43 Å². The monoisotopic (exact) mass is 284 g/mol. The molecule has 1 N–H and O–H groups in total. The number of carbonyl (C=O) groups excluding carboxylic acids is 1. The topological polar surface area (TPSA) is 66.5 Å². The normalized spacial score (nSPS) is 19.1. The van der Waals surface area contributed by atoms with Crippen LogP contribution in [0.5, 0.6) is 0 Å². The maximum Gasteiger partial charge on any atom is 0.315 e. The van der Waals surface area contributed by atoms with Gasteiger partial charge in [0.25, 0.3) is 5.91 Å². The number of nitrogens with one attached hydrogen (secondary N) is 1. The Bertz CT molecular complexity index is 379. The molecule has 106 valence electrons. The van der Waals surface area contributed by atoms with Crippen LogP contribution in [0.2, 0.25) is 0 Å². The first kappa shape index (κ1) is 15.3. The zero-order chi connectivity index (χ0) is 13.8. The minimum Gasteiger partial charge on any atom is -0.348 e. The van der Waals surface area contributed by atoms with E-state index in [9.17, 15) is 22.0 Å². The maximum atomic E-state index is 12.0. The first-order chi connectivity index (χ1) is 8.36. The molecule has 18 heavy (non-hydrogen) atoms. The molecule has 0 aromatic rings. The van der Waals surface area contributed by atoms with Crippen LogP contribution in [0.25, 0.3) is 0 Å². The van der Waals surface area contributed by atoms with E-state index in [0.29, 0.717) is 19.3 Å². The fraction of sp³-hybridized carbons (Fsp3) is 0.900. The van der Waals surface area contributed by atoms with E-state index >= 15 is 0 Å². The number of halogens is 2. The molecule has 1 amide bonds. The van der Waals surface area contributed by atoms with Crippen LogP contribution in [0.15, 0.2) is 0 Å². The SMILES string of the molecule is CCCS(=O)(=O)N1CCC(NC(=O)C(F)F)CC1.